The highest BCUT2D eigenvalue weighted by Gasteiger charge is 2.14. The molecule has 0 radical (unpaired) electrons. The summed E-state index contributed by atoms with van der Waals surface area (Å²) in [6, 6.07) is 9.29. The average molecular weight is 337 g/mol. The molecule has 1 amide bonds. The van der Waals surface area contributed by atoms with Crippen molar-refractivity contribution >= 4 is 29.3 Å². The van der Waals surface area contributed by atoms with Crippen LogP contribution in [0.3, 0.4) is 0 Å². The van der Waals surface area contributed by atoms with Crippen LogP contribution < -0.4 is 5.32 Å². The fourth-order valence-electron chi connectivity index (χ4n) is 1.74. The van der Waals surface area contributed by atoms with E-state index < -0.39 is 0 Å². The van der Waals surface area contributed by atoms with Gasteiger partial charge in [-0.15, -0.1) is 18.3 Å². The molecule has 116 valence electrons. The fourth-order valence-corrected chi connectivity index (χ4v) is 2.65. The van der Waals surface area contributed by atoms with Crippen molar-refractivity contribution in [3.8, 4) is 11.3 Å². The number of halogens is 1. The van der Waals surface area contributed by atoms with E-state index in [1.807, 2.05) is 37.3 Å². The van der Waals surface area contributed by atoms with Gasteiger partial charge >= 0.3 is 0 Å². The second-order valence-corrected chi connectivity index (χ2v) is 6.44. The molecule has 1 heterocycles. The molecule has 1 atom stereocenters. The van der Waals surface area contributed by atoms with Crippen LogP contribution in [0.1, 0.15) is 12.7 Å². The third-order valence-electron chi connectivity index (χ3n) is 2.96. The maximum absolute atomic E-state index is 11.7. The third kappa shape index (κ3) is 4.64. The van der Waals surface area contributed by atoms with Crippen LogP contribution in [0.2, 0.25) is 5.02 Å². The summed E-state index contributed by atoms with van der Waals surface area (Å²) in [4.78, 5) is 11.7. The largest absolute Gasteiger partial charge is 0.360 e. The Kier molecular flexibility index (Phi) is 6.10. The van der Waals surface area contributed by atoms with E-state index in [1.54, 1.807) is 6.08 Å². The van der Waals surface area contributed by atoms with Crippen molar-refractivity contribution < 1.29 is 9.32 Å². The van der Waals surface area contributed by atoms with Gasteiger partial charge in [0.1, 0.15) is 11.5 Å². The van der Waals surface area contributed by atoms with Crippen LogP contribution in [0.25, 0.3) is 11.3 Å². The SMILES string of the molecule is C=CCNC(=O)C(C)SCc1cc(-c2ccc(Cl)cc2)no1. The van der Waals surface area contributed by atoms with E-state index in [1.165, 1.54) is 11.8 Å². The van der Waals surface area contributed by atoms with Gasteiger partial charge in [0.05, 0.1) is 11.0 Å². The Morgan fingerprint density at radius 2 is 2.23 bits per heavy atom. The Bertz CT molecular complexity index is 640. The zero-order chi connectivity index (χ0) is 15.9. The zero-order valence-corrected chi connectivity index (χ0v) is 13.8. The number of hydrogen-bond donors (Lipinski definition) is 1. The summed E-state index contributed by atoms with van der Waals surface area (Å²) < 4.78 is 5.31. The van der Waals surface area contributed by atoms with Gasteiger partial charge in [-0.05, 0) is 19.1 Å². The van der Waals surface area contributed by atoms with Gasteiger partial charge in [-0.25, -0.2) is 0 Å². The molecule has 0 aliphatic heterocycles. The molecule has 0 saturated heterocycles. The van der Waals surface area contributed by atoms with Crippen LogP contribution in [0.4, 0.5) is 0 Å². The predicted molar refractivity (Wildman–Crippen MR) is 90.9 cm³/mol. The number of nitrogens with zero attached hydrogens (tertiary/aromatic N) is 1. The lowest BCUT2D eigenvalue weighted by Gasteiger charge is -2.09. The highest BCUT2D eigenvalue weighted by molar-refractivity contribution is 7.99. The first kappa shape index (κ1) is 16.6. The number of benzene rings is 1. The standard InChI is InChI=1S/C16H17ClN2O2S/c1-3-8-18-16(20)11(2)22-10-14-9-15(19-21-14)12-4-6-13(17)7-5-12/h3-7,9,11H,1,8,10H2,2H3,(H,18,20). The summed E-state index contributed by atoms with van der Waals surface area (Å²) in [5.41, 5.74) is 1.71. The Labute approximate surface area is 138 Å². The Morgan fingerprint density at radius 3 is 2.91 bits per heavy atom. The Hall–Kier alpha value is -1.72. The molecule has 2 aromatic rings. The van der Waals surface area contributed by atoms with Gasteiger partial charge < -0.3 is 9.84 Å². The molecule has 2 rings (SSSR count). The quantitative estimate of drug-likeness (QED) is 0.779. The first-order valence-corrected chi connectivity index (χ1v) is 8.24. The second-order valence-electron chi connectivity index (χ2n) is 4.67. The molecule has 0 aliphatic carbocycles. The van der Waals surface area contributed by atoms with E-state index in [4.69, 9.17) is 16.1 Å². The Balaban J connectivity index is 1.91. The van der Waals surface area contributed by atoms with Gasteiger partial charge in [-0.3, -0.25) is 4.79 Å². The number of carbonyl (C=O) groups excluding carboxylic acids is 1. The number of hydrogen-bond acceptors (Lipinski definition) is 4. The monoisotopic (exact) mass is 336 g/mol. The molecule has 1 aromatic heterocycles. The lowest BCUT2D eigenvalue weighted by molar-refractivity contribution is -0.120. The molecular formula is C16H17ClN2O2S. The van der Waals surface area contributed by atoms with E-state index in [0.717, 1.165) is 17.0 Å². The number of aromatic nitrogens is 1. The summed E-state index contributed by atoms with van der Waals surface area (Å²) in [7, 11) is 0. The number of amides is 1. The summed E-state index contributed by atoms with van der Waals surface area (Å²) in [6.45, 7) is 5.91. The normalized spacial score (nSPS) is 11.9. The maximum atomic E-state index is 11.7. The van der Waals surface area contributed by atoms with Gasteiger partial charge in [0.25, 0.3) is 0 Å². The number of nitrogens with one attached hydrogen (secondary N) is 1. The zero-order valence-electron chi connectivity index (χ0n) is 12.2. The van der Waals surface area contributed by atoms with Crippen LogP contribution in [-0.4, -0.2) is 22.9 Å². The second kappa shape index (κ2) is 8.06. The van der Waals surface area contributed by atoms with Crippen LogP contribution in [-0.2, 0) is 10.5 Å². The molecule has 6 heteroatoms. The van der Waals surface area contributed by atoms with Crippen molar-refractivity contribution in [3.63, 3.8) is 0 Å². The van der Waals surface area contributed by atoms with Crippen molar-refractivity contribution in [1.82, 2.24) is 10.5 Å². The van der Waals surface area contributed by atoms with Crippen molar-refractivity contribution in [2.45, 2.75) is 17.9 Å². The number of rotatable bonds is 7. The fraction of sp³-hybridized carbons (Fsp3) is 0.250. The highest BCUT2D eigenvalue weighted by Crippen LogP contribution is 2.24. The molecule has 0 fully saturated rings. The van der Waals surface area contributed by atoms with Crippen molar-refractivity contribution in [3.05, 3.63) is 53.8 Å². The summed E-state index contributed by atoms with van der Waals surface area (Å²) in [6.07, 6.45) is 1.66. The van der Waals surface area contributed by atoms with Crippen molar-refractivity contribution in [2.75, 3.05) is 6.54 Å². The molecule has 0 aliphatic rings. The minimum Gasteiger partial charge on any atom is -0.360 e. The average Bonchev–Trinajstić information content (AvgIpc) is 2.99. The molecule has 1 N–H and O–H groups in total. The van der Waals surface area contributed by atoms with Crippen LogP contribution in [0, 0.1) is 0 Å². The van der Waals surface area contributed by atoms with Gasteiger partial charge in [0, 0.05) is 23.2 Å². The van der Waals surface area contributed by atoms with Crippen molar-refractivity contribution in [2.24, 2.45) is 0 Å². The molecule has 1 aromatic carbocycles. The molecule has 0 saturated carbocycles. The molecule has 1 unspecified atom stereocenters. The highest BCUT2D eigenvalue weighted by atomic mass is 35.5. The smallest absolute Gasteiger partial charge is 0.233 e. The van der Waals surface area contributed by atoms with Crippen LogP contribution in [0.5, 0.6) is 0 Å². The lowest BCUT2D eigenvalue weighted by atomic mass is 10.1. The minimum absolute atomic E-state index is 0.0117. The topological polar surface area (TPSA) is 55.1 Å². The first-order chi connectivity index (χ1) is 10.6. The van der Waals surface area contributed by atoms with Gasteiger partial charge in [-0.1, -0.05) is 35.0 Å². The summed E-state index contributed by atoms with van der Waals surface area (Å²) in [5, 5.41) is 7.33. The Morgan fingerprint density at radius 1 is 1.50 bits per heavy atom. The molecule has 0 spiro atoms. The maximum Gasteiger partial charge on any atom is 0.233 e. The minimum atomic E-state index is -0.163. The van der Waals surface area contributed by atoms with Crippen LogP contribution >= 0.6 is 23.4 Å². The van der Waals surface area contributed by atoms with Gasteiger partial charge in [0.2, 0.25) is 5.91 Å². The van der Waals surface area contributed by atoms with E-state index in [2.05, 4.69) is 17.1 Å². The predicted octanol–water partition coefficient (Wildman–Crippen LogP) is 3.92. The molecule has 22 heavy (non-hydrogen) atoms. The van der Waals surface area contributed by atoms with E-state index in [9.17, 15) is 4.79 Å². The van der Waals surface area contributed by atoms with Crippen molar-refractivity contribution in [1.29, 1.82) is 0 Å². The molecular weight excluding hydrogens is 320 g/mol. The summed E-state index contributed by atoms with van der Waals surface area (Å²) in [5.74, 6) is 1.31. The van der Waals surface area contributed by atoms with E-state index in [-0.39, 0.29) is 11.2 Å². The third-order valence-corrected chi connectivity index (χ3v) is 4.38. The van der Waals surface area contributed by atoms with Gasteiger partial charge in [0.15, 0.2) is 0 Å². The molecule has 0 bridgehead atoms. The first-order valence-electron chi connectivity index (χ1n) is 6.82. The number of carbonyl (C=O) groups is 1. The van der Waals surface area contributed by atoms with Gasteiger partial charge in [-0.2, -0.15) is 0 Å². The lowest BCUT2D eigenvalue weighted by Crippen LogP contribution is -2.30. The van der Waals surface area contributed by atoms with Crippen LogP contribution in [0.15, 0.2) is 47.5 Å². The summed E-state index contributed by atoms with van der Waals surface area (Å²) >= 11 is 7.36. The number of thioether (sulfide) groups is 1. The molecule has 4 nitrogen and oxygen atoms in total. The van der Waals surface area contributed by atoms with E-state index >= 15 is 0 Å². The van der Waals surface area contributed by atoms with E-state index in [0.29, 0.717) is 17.3 Å².